The first-order valence-electron chi connectivity index (χ1n) is 7.48. The van der Waals surface area contributed by atoms with E-state index in [0.717, 1.165) is 12.2 Å². The molecule has 0 aliphatic carbocycles. The van der Waals surface area contributed by atoms with E-state index in [0.29, 0.717) is 6.61 Å². The maximum absolute atomic E-state index is 11.1. The number of aliphatic hydroxyl groups excluding tert-OH is 1. The predicted molar refractivity (Wildman–Crippen MR) is 88.6 cm³/mol. The maximum Gasteiger partial charge on any atom is 0.404 e. The molecule has 1 aromatic rings. The lowest BCUT2D eigenvalue weighted by Crippen LogP contribution is -2.37. The molecule has 0 aliphatic rings. The van der Waals surface area contributed by atoms with Gasteiger partial charge >= 0.3 is 11.8 Å². The smallest absolute Gasteiger partial charge is 0.404 e. The van der Waals surface area contributed by atoms with Crippen molar-refractivity contribution in [2.45, 2.75) is 51.5 Å². The first-order chi connectivity index (χ1) is 11.0. The molecule has 0 bridgehead atoms. The van der Waals surface area contributed by atoms with E-state index in [1.807, 2.05) is 0 Å². The fraction of sp³-hybridized carbons (Fsp3) is 0.692. The van der Waals surface area contributed by atoms with E-state index < -0.39 is 31.2 Å². The van der Waals surface area contributed by atoms with Gasteiger partial charge in [0.1, 0.15) is 24.7 Å². The molecule has 10 nitrogen and oxygen atoms in total. The highest BCUT2D eigenvalue weighted by molar-refractivity contribution is 6.76. The van der Waals surface area contributed by atoms with Crippen LogP contribution in [0.1, 0.15) is 18.7 Å². The summed E-state index contributed by atoms with van der Waals surface area (Å²) in [5.41, 5.74) is -0.468. The number of carbonyl (C=O) groups is 1. The molecule has 0 spiro atoms. The van der Waals surface area contributed by atoms with Crippen LogP contribution >= 0.6 is 0 Å². The Morgan fingerprint density at radius 1 is 1.54 bits per heavy atom. The van der Waals surface area contributed by atoms with Gasteiger partial charge in [-0.2, -0.15) is 5.10 Å². The van der Waals surface area contributed by atoms with Crippen molar-refractivity contribution >= 4 is 19.9 Å². The van der Waals surface area contributed by atoms with E-state index in [9.17, 15) is 20.0 Å². The van der Waals surface area contributed by atoms with E-state index in [4.69, 9.17) is 9.84 Å². The number of nitrogens with zero attached hydrogens (tertiary/aromatic N) is 3. The Kier molecular flexibility index (Phi) is 6.87. The van der Waals surface area contributed by atoms with Gasteiger partial charge in [-0.05, 0) is 13.0 Å². The van der Waals surface area contributed by atoms with Gasteiger partial charge in [-0.15, -0.1) is 0 Å². The van der Waals surface area contributed by atoms with Crippen molar-refractivity contribution in [1.82, 2.24) is 15.1 Å². The van der Waals surface area contributed by atoms with Crippen LogP contribution in [0.3, 0.4) is 0 Å². The van der Waals surface area contributed by atoms with Crippen LogP contribution in [0.15, 0.2) is 6.20 Å². The molecule has 0 radical (unpaired) electrons. The zero-order valence-corrected chi connectivity index (χ0v) is 15.2. The molecule has 0 fully saturated rings. The van der Waals surface area contributed by atoms with Gasteiger partial charge in [0.15, 0.2) is 0 Å². The van der Waals surface area contributed by atoms with Crippen molar-refractivity contribution in [2.24, 2.45) is 0 Å². The van der Waals surface area contributed by atoms with Crippen LogP contribution in [0.4, 0.5) is 10.5 Å². The number of amides is 1. The summed E-state index contributed by atoms with van der Waals surface area (Å²) in [6, 6.07) is -0.0239. The van der Waals surface area contributed by atoms with Crippen LogP contribution in [-0.2, 0) is 11.5 Å². The van der Waals surface area contributed by atoms with Crippen LogP contribution in [0.2, 0.25) is 25.7 Å². The fourth-order valence-electron chi connectivity index (χ4n) is 1.97. The number of nitrogens with one attached hydrogen (secondary N) is 1. The molecule has 1 unspecified atom stereocenters. The van der Waals surface area contributed by atoms with Crippen molar-refractivity contribution in [3.63, 3.8) is 0 Å². The average molecular weight is 360 g/mol. The summed E-state index contributed by atoms with van der Waals surface area (Å²) in [4.78, 5) is 21.1. The molecule has 11 heteroatoms. The van der Waals surface area contributed by atoms with Gasteiger partial charge in [0.2, 0.25) is 0 Å². The molecule has 3 N–H and O–H groups in total. The van der Waals surface area contributed by atoms with Gasteiger partial charge in [-0.25, -0.2) is 9.48 Å². The summed E-state index contributed by atoms with van der Waals surface area (Å²) < 4.78 is 6.69. The molecular weight excluding hydrogens is 336 g/mol. The lowest BCUT2D eigenvalue weighted by molar-refractivity contribution is -0.386. The summed E-state index contributed by atoms with van der Waals surface area (Å²) in [5, 5.41) is 36.1. The number of aliphatic hydroxyl groups is 1. The SMILES string of the molecule is C[C@H](NC(=O)O)C(O)c1c([N+](=O)[O-])cnn1COCC[Si](C)(C)C. The third-order valence-corrected chi connectivity index (χ3v) is 5.08. The van der Waals surface area contributed by atoms with E-state index >= 15 is 0 Å². The Morgan fingerprint density at radius 3 is 2.67 bits per heavy atom. The van der Waals surface area contributed by atoms with Crippen LogP contribution in [-0.4, -0.2) is 51.7 Å². The van der Waals surface area contributed by atoms with Gasteiger partial charge in [0, 0.05) is 14.7 Å². The summed E-state index contributed by atoms with van der Waals surface area (Å²) in [6.45, 7) is 8.44. The monoisotopic (exact) mass is 360 g/mol. The number of nitro groups is 1. The second kappa shape index (κ2) is 8.21. The zero-order valence-electron chi connectivity index (χ0n) is 14.2. The van der Waals surface area contributed by atoms with Crippen LogP contribution in [0, 0.1) is 10.1 Å². The third-order valence-electron chi connectivity index (χ3n) is 3.37. The highest BCUT2D eigenvalue weighted by Crippen LogP contribution is 2.27. The summed E-state index contributed by atoms with van der Waals surface area (Å²) in [7, 11) is -1.27. The van der Waals surface area contributed by atoms with Crippen LogP contribution < -0.4 is 5.32 Å². The molecule has 1 rings (SSSR count). The Hall–Kier alpha value is -1.98. The Bertz CT molecular complexity index is 586. The molecule has 1 heterocycles. The van der Waals surface area contributed by atoms with E-state index in [1.165, 1.54) is 11.6 Å². The quantitative estimate of drug-likeness (QED) is 0.264. The molecule has 1 amide bonds. The minimum absolute atomic E-state index is 0.0511. The second-order valence-electron chi connectivity index (χ2n) is 6.70. The first kappa shape index (κ1) is 20.1. The van der Waals surface area contributed by atoms with Crippen molar-refractivity contribution in [3.05, 3.63) is 22.0 Å². The molecule has 0 aliphatic heterocycles. The normalized spacial score (nSPS) is 14.2. The summed E-state index contributed by atoms with van der Waals surface area (Å²) in [6.07, 6.45) is -1.74. The second-order valence-corrected chi connectivity index (χ2v) is 12.3. The van der Waals surface area contributed by atoms with Gasteiger partial charge in [0.25, 0.3) is 0 Å². The molecule has 0 saturated carbocycles. The molecule has 0 aromatic carbocycles. The number of rotatable bonds is 9. The topological polar surface area (TPSA) is 140 Å². The van der Waals surface area contributed by atoms with Gasteiger partial charge < -0.3 is 20.3 Å². The number of hydrogen-bond acceptors (Lipinski definition) is 6. The molecule has 24 heavy (non-hydrogen) atoms. The van der Waals surface area contributed by atoms with Crippen molar-refractivity contribution in [2.75, 3.05) is 6.61 Å². The van der Waals surface area contributed by atoms with Crippen molar-refractivity contribution in [3.8, 4) is 0 Å². The van der Waals surface area contributed by atoms with Gasteiger partial charge in [-0.3, -0.25) is 10.1 Å². The highest BCUT2D eigenvalue weighted by atomic mass is 28.3. The molecular formula is C13H24N4O6Si. The van der Waals surface area contributed by atoms with Gasteiger partial charge in [0.05, 0.1) is 11.0 Å². The summed E-state index contributed by atoms with van der Waals surface area (Å²) >= 11 is 0. The molecule has 2 atom stereocenters. The Labute approximate surface area is 140 Å². The van der Waals surface area contributed by atoms with Crippen molar-refractivity contribution < 1.29 is 24.7 Å². The zero-order chi connectivity index (χ0) is 18.5. The minimum atomic E-state index is -1.43. The Morgan fingerprint density at radius 2 is 2.17 bits per heavy atom. The van der Waals surface area contributed by atoms with Crippen molar-refractivity contribution in [1.29, 1.82) is 0 Å². The van der Waals surface area contributed by atoms with E-state index in [-0.39, 0.29) is 18.1 Å². The fourth-order valence-corrected chi connectivity index (χ4v) is 2.73. The standard InChI is InChI=1S/C13H24N4O6Si/c1-9(15-13(19)20)12(18)11-10(17(21)22)7-14-16(11)8-23-5-6-24(2,3)4/h7,9,12,15,18H,5-6,8H2,1-4H3,(H,19,20)/t9-,12?/m0/s1. The van der Waals surface area contributed by atoms with Crippen LogP contribution in [0.5, 0.6) is 0 Å². The first-order valence-corrected chi connectivity index (χ1v) is 11.2. The third kappa shape index (κ3) is 5.90. The highest BCUT2D eigenvalue weighted by Gasteiger charge is 2.31. The molecule has 0 saturated heterocycles. The molecule has 136 valence electrons. The maximum atomic E-state index is 11.1. The lowest BCUT2D eigenvalue weighted by atomic mass is 10.1. The lowest BCUT2D eigenvalue weighted by Gasteiger charge is -2.20. The predicted octanol–water partition coefficient (Wildman–Crippen LogP) is 1.79. The average Bonchev–Trinajstić information content (AvgIpc) is 2.84. The largest absolute Gasteiger partial charge is 0.465 e. The van der Waals surface area contributed by atoms with Gasteiger partial charge in [-0.1, -0.05) is 19.6 Å². The number of carboxylic acid groups (broad SMARTS) is 1. The number of ether oxygens (including phenoxy) is 1. The number of hydrogen-bond donors (Lipinski definition) is 3. The minimum Gasteiger partial charge on any atom is -0.465 e. The van der Waals surface area contributed by atoms with E-state index in [2.05, 4.69) is 30.1 Å². The van der Waals surface area contributed by atoms with Crippen LogP contribution in [0.25, 0.3) is 0 Å². The Balaban J connectivity index is 2.89. The number of aromatic nitrogens is 2. The summed E-state index contributed by atoms with van der Waals surface area (Å²) in [5.74, 6) is 0. The van der Waals surface area contributed by atoms with E-state index in [1.54, 1.807) is 0 Å². The molecule has 1 aromatic heterocycles.